The summed E-state index contributed by atoms with van der Waals surface area (Å²) in [5, 5.41) is 3.35. The fourth-order valence-electron chi connectivity index (χ4n) is 2.51. The molecule has 17 heavy (non-hydrogen) atoms. The van der Waals surface area contributed by atoms with Crippen LogP contribution in [0.25, 0.3) is 0 Å². The van der Waals surface area contributed by atoms with Crippen LogP contribution in [-0.4, -0.2) is 28.6 Å². The molecule has 0 unspecified atom stereocenters. The summed E-state index contributed by atoms with van der Waals surface area (Å²) in [6.45, 7) is 6.24. The lowest BCUT2D eigenvalue weighted by molar-refractivity contribution is -0.153. The first-order valence-corrected chi connectivity index (χ1v) is 6.11. The molecule has 0 aromatic carbocycles. The maximum Gasteiger partial charge on any atom is 0.332 e. The molecule has 0 fully saturated rings. The number of nitrogens with zero attached hydrogens (tertiary/aromatic N) is 1. The second kappa shape index (κ2) is 4.49. The van der Waals surface area contributed by atoms with Gasteiger partial charge in [0.1, 0.15) is 0 Å². The first-order chi connectivity index (χ1) is 8.14. The maximum atomic E-state index is 12.2. The van der Waals surface area contributed by atoms with Crippen LogP contribution in [0.2, 0.25) is 0 Å². The normalized spacial score (nSPS) is 27.6. The Balaban J connectivity index is 2.44. The van der Waals surface area contributed by atoms with Crippen molar-refractivity contribution in [2.24, 2.45) is 0 Å². The topological polar surface area (TPSA) is 67.0 Å². The number of ether oxygens (including phenoxy) is 1. The molecule has 0 aliphatic carbocycles. The van der Waals surface area contributed by atoms with Gasteiger partial charge in [0, 0.05) is 18.2 Å². The fraction of sp³-hybridized carbons (Fsp3) is 0.667. The molecule has 2 heterocycles. The summed E-state index contributed by atoms with van der Waals surface area (Å²) in [6, 6.07) is 0.229. The van der Waals surface area contributed by atoms with Crippen molar-refractivity contribution >= 4 is 5.97 Å². The number of nitrogens with one attached hydrogen (secondary N) is 2. The monoisotopic (exact) mass is 237 g/mol. The van der Waals surface area contributed by atoms with E-state index >= 15 is 0 Å². The Hall–Kier alpha value is -1.36. The summed E-state index contributed by atoms with van der Waals surface area (Å²) in [5.41, 5.74) is 1.03. The zero-order valence-corrected chi connectivity index (χ0v) is 10.5. The first-order valence-electron chi connectivity index (χ1n) is 6.11. The van der Waals surface area contributed by atoms with Crippen molar-refractivity contribution in [1.29, 1.82) is 0 Å². The van der Waals surface area contributed by atoms with Gasteiger partial charge in [0.2, 0.25) is 0 Å². The number of aromatic nitrogens is 2. The zero-order valence-electron chi connectivity index (χ0n) is 10.5. The van der Waals surface area contributed by atoms with E-state index in [-0.39, 0.29) is 12.0 Å². The molecule has 5 nitrogen and oxygen atoms in total. The molecule has 0 spiro atoms. The molecule has 0 saturated heterocycles. The Morgan fingerprint density at radius 3 is 3.06 bits per heavy atom. The molecule has 1 aliphatic heterocycles. The van der Waals surface area contributed by atoms with Gasteiger partial charge in [-0.3, -0.25) is 5.32 Å². The number of imidazole rings is 1. The summed E-state index contributed by atoms with van der Waals surface area (Å²) < 4.78 is 5.19. The highest BCUT2D eigenvalue weighted by Crippen LogP contribution is 2.32. The number of rotatable bonds is 3. The van der Waals surface area contributed by atoms with Gasteiger partial charge in [0.05, 0.1) is 18.6 Å². The van der Waals surface area contributed by atoms with Crippen LogP contribution in [0.4, 0.5) is 0 Å². The fourth-order valence-corrected chi connectivity index (χ4v) is 2.51. The standard InChI is InChI=1S/C12H19N3O2/c1-4-12(11(16)17-5-2)10-9(13-7-14-10)6-8(3)15-12/h7-8,15H,4-6H2,1-3H3,(H,13,14)/t8-,12+/m0/s1. The van der Waals surface area contributed by atoms with Crippen LogP contribution in [0.1, 0.15) is 38.6 Å². The highest BCUT2D eigenvalue weighted by atomic mass is 16.5. The van der Waals surface area contributed by atoms with E-state index in [1.165, 1.54) is 0 Å². The molecule has 0 bridgehead atoms. The number of carbonyl (C=O) groups is 1. The Bertz CT molecular complexity index is 416. The minimum Gasteiger partial charge on any atom is -0.464 e. The Labute approximate surface area is 101 Å². The number of hydrogen-bond acceptors (Lipinski definition) is 4. The lowest BCUT2D eigenvalue weighted by Crippen LogP contribution is -2.57. The van der Waals surface area contributed by atoms with Crippen molar-refractivity contribution in [3.8, 4) is 0 Å². The summed E-state index contributed by atoms with van der Waals surface area (Å²) in [6.07, 6.45) is 3.14. The number of hydrogen-bond donors (Lipinski definition) is 2. The van der Waals surface area contributed by atoms with E-state index in [0.29, 0.717) is 13.0 Å². The molecule has 0 amide bonds. The molecule has 0 saturated carbocycles. The number of H-pyrrole nitrogens is 1. The molecule has 5 heteroatoms. The summed E-state index contributed by atoms with van der Waals surface area (Å²) in [5.74, 6) is -0.234. The predicted octanol–water partition coefficient (Wildman–Crippen LogP) is 1.11. The molecule has 2 rings (SSSR count). The number of fused-ring (bicyclic) bond motifs is 1. The number of esters is 1. The summed E-state index contributed by atoms with van der Waals surface area (Å²) in [4.78, 5) is 19.6. The number of aromatic amines is 1. The second-order valence-electron chi connectivity index (χ2n) is 4.46. The molecule has 2 N–H and O–H groups in total. The molecular weight excluding hydrogens is 218 g/mol. The molecule has 1 aromatic heterocycles. The van der Waals surface area contributed by atoms with E-state index in [2.05, 4.69) is 22.2 Å². The van der Waals surface area contributed by atoms with Crippen LogP contribution < -0.4 is 5.32 Å². The summed E-state index contributed by atoms with van der Waals surface area (Å²) >= 11 is 0. The first kappa shape index (κ1) is 12.1. The molecule has 94 valence electrons. The third-order valence-electron chi connectivity index (χ3n) is 3.28. The van der Waals surface area contributed by atoms with E-state index in [1.54, 1.807) is 6.33 Å². The molecule has 1 aliphatic rings. The van der Waals surface area contributed by atoms with Crippen LogP contribution in [0, 0.1) is 0 Å². The van der Waals surface area contributed by atoms with Gasteiger partial charge in [-0.2, -0.15) is 0 Å². The third-order valence-corrected chi connectivity index (χ3v) is 3.28. The van der Waals surface area contributed by atoms with Crippen molar-refractivity contribution < 1.29 is 9.53 Å². The minimum absolute atomic E-state index is 0.229. The smallest absolute Gasteiger partial charge is 0.332 e. The van der Waals surface area contributed by atoms with Crippen molar-refractivity contribution in [1.82, 2.24) is 15.3 Å². The summed E-state index contributed by atoms with van der Waals surface area (Å²) in [7, 11) is 0. The van der Waals surface area contributed by atoms with Crippen LogP contribution in [0.5, 0.6) is 0 Å². The Morgan fingerprint density at radius 1 is 1.65 bits per heavy atom. The van der Waals surface area contributed by atoms with Crippen molar-refractivity contribution in [2.45, 2.75) is 45.2 Å². The van der Waals surface area contributed by atoms with Crippen molar-refractivity contribution in [3.63, 3.8) is 0 Å². The van der Waals surface area contributed by atoms with Gasteiger partial charge in [-0.25, -0.2) is 9.78 Å². The van der Waals surface area contributed by atoms with Gasteiger partial charge < -0.3 is 9.72 Å². The highest BCUT2D eigenvalue weighted by Gasteiger charge is 2.47. The van der Waals surface area contributed by atoms with E-state index in [1.807, 2.05) is 13.8 Å². The molecular formula is C12H19N3O2. The highest BCUT2D eigenvalue weighted by molar-refractivity contribution is 5.82. The van der Waals surface area contributed by atoms with Gasteiger partial charge in [-0.1, -0.05) is 6.92 Å². The predicted molar refractivity (Wildman–Crippen MR) is 63.5 cm³/mol. The quantitative estimate of drug-likeness (QED) is 0.773. The lowest BCUT2D eigenvalue weighted by atomic mass is 9.84. The average molecular weight is 237 g/mol. The Morgan fingerprint density at radius 2 is 2.41 bits per heavy atom. The Kier molecular flexibility index (Phi) is 3.19. The minimum atomic E-state index is -0.789. The van der Waals surface area contributed by atoms with Gasteiger partial charge in [0.15, 0.2) is 5.54 Å². The van der Waals surface area contributed by atoms with E-state index < -0.39 is 5.54 Å². The van der Waals surface area contributed by atoms with Crippen LogP contribution in [0.3, 0.4) is 0 Å². The van der Waals surface area contributed by atoms with Crippen LogP contribution in [-0.2, 0) is 21.5 Å². The zero-order chi connectivity index (χ0) is 12.5. The van der Waals surface area contributed by atoms with Gasteiger partial charge in [-0.05, 0) is 20.3 Å². The van der Waals surface area contributed by atoms with Crippen LogP contribution in [0.15, 0.2) is 6.33 Å². The van der Waals surface area contributed by atoms with Gasteiger partial charge in [0.25, 0.3) is 0 Å². The largest absolute Gasteiger partial charge is 0.464 e. The SMILES string of the molecule is CCOC(=O)[C@]1(CC)N[C@@H](C)Cc2[nH]cnc21. The average Bonchev–Trinajstić information content (AvgIpc) is 2.76. The van der Waals surface area contributed by atoms with Gasteiger partial charge in [-0.15, -0.1) is 0 Å². The van der Waals surface area contributed by atoms with Gasteiger partial charge >= 0.3 is 5.97 Å². The van der Waals surface area contributed by atoms with Crippen LogP contribution >= 0.6 is 0 Å². The number of carbonyl (C=O) groups excluding carboxylic acids is 1. The molecule has 2 atom stereocenters. The second-order valence-corrected chi connectivity index (χ2v) is 4.46. The third kappa shape index (κ3) is 1.84. The van der Waals surface area contributed by atoms with E-state index in [4.69, 9.17) is 4.74 Å². The van der Waals surface area contributed by atoms with E-state index in [0.717, 1.165) is 17.8 Å². The van der Waals surface area contributed by atoms with Crippen molar-refractivity contribution in [2.75, 3.05) is 6.61 Å². The lowest BCUT2D eigenvalue weighted by Gasteiger charge is -2.37. The van der Waals surface area contributed by atoms with E-state index in [9.17, 15) is 4.79 Å². The molecule has 1 aromatic rings. The molecule has 0 radical (unpaired) electrons. The maximum absolute atomic E-state index is 12.2. The van der Waals surface area contributed by atoms with Crippen molar-refractivity contribution in [3.05, 3.63) is 17.7 Å².